The minimum atomic E-state index is 0.0292. The number of nitrogens with zero attached hydrogens (tertiary/aromatic N) is 8. The van der Waals surface area contributed by atoms with E-state index in [-0.39, 0.29) is 17.6 Å². The van der Waals surface area contributed by atoms with Gasteiger partial charge in [0.1, 0.15) is 11.5 Å². The Bertz CT molecular complexity index is 2170. The zero-order valence-electron chi connectivity index (χ0n) is 41.6. The third-order valence-corrected chi connectivity index (χ3v) is 13.0. The topological polar surface area (TPSA) is 104 Å². The van der Waals surface area contributed by atoms with Gasteiger partial charge in [-0.25, -0.2) is 0 Å². The molecule has 0 radical (unpaired) electrons. The van der Waals surface area contributed by atoms with Gasteiger partial charge in [-0.1, -0.05) is 80.1 Å². The molecule has 6 heterocycles. The van der Waals surface area contributed by atoms with Crippen LogP contribution in [0.5, 0.6) is 11.5 Å². The van der Waals surface area contributed by atoms with Crippen LogP contribution in [0.2, 0.25) is 5.02 Å². The lowest BCUT2D eigenvalue weighted by Crippen LogP contribution is -2.64. The minimum absolute atomic E-state index is 0.0292. The van der Waals surface area contributed by atoms with Crippen molar-refractivity contribution >= 4 is 34.8 Å². The molecule has 0 atom stereocenters. The van der Waals surface area contributed by atoms with Crippen LogP contribution in [0, 0.1) is 13.8 Å². The fraction of sp³-hybridized carbons (Fsp3) is 0.509. The van der Waals surface area contributed by atoms with Gasteiger partial charge in [0, 0.05) is 126 Å². The first-order chi connectivity index (χ1) is 32.0. The molecule has 5 aliphatic rings. The van der Waals surface area contributed by atoms with Crippen LogP contribution in [0.1, 0.15) is 90.8 Å². The molecule has 9 rings (SSSR count). The third-order valence-electron chi connectivity index (χ3n) is 12.7. The summed E-state index contributed by atoms with van der Waals surface area (Å²) in [6.45, 7) is 38.2. The average Bonchev–Trinajstić information content (AvgIpc) is 3.83. The zero-order chi connectivity index (χ0) is 48.7. The molecule has 1 saturated carbocycles. The number of aromatic hydroxyl groups is 2. The van der Waals surface area contributed by atoms with Crippen LogP contribution in [0.3, 0.4) is 0 Å². The number of likely N-dealkylation sites (tertiary alicyclic amines) is 2. The SMILES string of the molecule is C=CC(=O)N1CC(N2CCN(c3ccn(-c4cc(C)c(C)cc4O)c3)CC2)C1.C=CC(=O)N1CC(N2CCN(c3ccn(-c4cc(C5CC5)c(Cl)cc4O)c3)CC2)C1.CC.CC.CC.CC. The molecule has 12 nitrogen and oxygen atoms in total. The summed E-state index contributed by atoms with van der Waals surface area (Å²) in [6, 6.07) is 12.7. The smallest absolute Gasteiger partial charge is 0.246 e. The Morgan fingerprint density at radius 2 is 0.970 bits per heavy atom. The van der Waals surface area contributed by atoms with Gasteiger partial charge in [-0.2, -0.15) is 0 Å². The van der Waals surface area contributed by atoms with Crippen molar-refractivity contribution in [2.45, 2.75) is 100 Å². The summed E-state index contributed by atoms with van der Waals surface area (Å²) in [5, 5.41) is 21.4. The number of amides is 2. The number of piperazine rings is 2. The number of aryl methyl sites for hydroxylation is 2. The Morgan fingerprint density at radius 1 is 0.591 bits per heavy atom. The van der Waals surface area contributed by atoms with E-state index < -0.39 is 0 Å². The number of benzene rings is 2. The van der Waals surface area contributed by atoms with Crippen LogP contribution in [0.15, 0.2) is 86.5 Å². The van der Waals surface area contributed by atoms with E-state index in [1.54, 1.807) is 6.07 Å². The van der Waals surface area contributed by atoms with Crippen molar-refractivity contribution in [2.75, 3.05) is 88.3 Å². The Morgan fingerprint density at radius 3 is 1.36 bits per heavy atom. The van der Waals surface area contributed by atoms with Gasteiger partial charge >= 0.3 is 0 Å². The van der Waals surface area contributed by atoms with E-state index in [4.69, 9.17) is 11.6 Å². The first-order valence-corrected chi connectivity index (χ1v) is 24.9. The fourth-order valence-electron chi connectivity index (χ4n) is 8.60. The Hall–Kier alpha value is -5.17. The molecule has 2 aromatic carbocycles. The van der Waals surface area contributed by atoms with Crippen molar-refractivity contribution in [2.24, 2.45) is 0 Å². The number of halogens is 1. The molecule has 5 fully saturated rings. The molecule has 13 heteroatoms. The van der Waals surface area contributed by atoms with Gasteiger partial charge in [-0.05, 0) is 91.8 Å². The van der Waals surface area contributed by atoms with E-state index in [0.717, 1.165) is 107 Å². The second-order valence-electron chi connectivity index (χ2n) is 16.4. The Labute approximate surface area is 401 Å². The normalized spacial score (nSPS) is 17.3. The van der Waals surface area contributed by atoms with Crippen molar-refractivity contribution in [3.8, 4) is 22.9 Å². The van der Waals surface area contributed by atoms with Crippen LogP contribution in [-0.2, 0) is 9.59 Å². The molecule has 1 aliphatic carbocycles. The summed E-state index contributed by atoms with van der Waals surface area (Å²) in [4.78, 5) is 36.7. The molecule has 0 spiro atoms. The molecule has 4 aromatic rings. The molecular weight excluding hydrogens is 848 g/mol. The summed E-state index contributed by atoms with van der Waals surface area (Å²) in [5.41, 5.74) is 7.33. The van der Waals surface area contributed by atoms with Crippen LogP contribution >= 0.6 is 11.6 Å². The molecule has 0 unspecified atom stereocenters. The van der Waals surface area contributed by atoms with E-state index in [9.17, 15) is 19.8 Å². The fourth-order valence-corrected chi connectivity index (χ4v) is 8.91. The molecule has 0 bridgehead atoms. The number of carbonyl (C=O) groups excluding carboxylic acids is 2. The number of anilines is 2. The highest BCUT2D eigenvalue weighted by Crippen LogP contribution is 2.45. The zero-order valence-corrected chi connectivity index (χ0v) is 42.4. The number of carbonyl (C=O) groups is 2. The molecule has 4 aliphatic heterocycles. The predicted octanol–water partition coefficient (Wildman–Crippen LogP) is 9.66. The van der Waals surface area contributed by atoms with Crippen LogP contribution in [0.25, 0.3) is 11.4 Å². The van der Waals surface area contributed by atoms with Gasteiger partial charge in [0.2, 0.25) is 11.8 Å². The second kappa shape index (κ2) is 25.7. The number of phenols is 2. The maximum Gasteiger partial charge on any atom is 0.246 e. The van der Waals surface area contributed by atoms with Crippen molar-refractivity contribution in [3.05, 3.63) is 108 Å². The average molecular weight is 928 g/mol. The quantitative estimate of drug-likeness (QED) is 0.160. The van der Waals surface area contributed by atoms with Crippen molar-refractivity contribution < 1.29 is 19.8 Å². The van der Waals surface area contributed by atoms with Gasteiger partial charge in [0.05, 0.1) is 22.7 Å². The predicted molar refractivity (Wildman–Crippen MR) is 275 cm³/mol. The number of hydrogen-bond donors (Lipinski definition) is 2. The van der Waals surface area contributed by atoms with Gasteiger partial charge in [-0.3, -0.25) is 19.4 Å². The molecule has 2 N–H and O–H groups in total. The largest absolute Gasteiger partial charge is 0.506 e. The van der Waals surface area contributed by atoms with Gasteiger partial charge < -0.3 is 38.9 Å². The Balaban J connectivity index is 0.000000252. The van der Waals surface area contributed by atoms with Crippen LogP contribution in [0.4, 0.5) is 11.4 Å². The maximum absolute atomic E-state index is 11.6. The van der Waals surface area contributed by atoms with E-state index in [0.29, 0.717) is 28.8 Å². The van der Waals surface area contributed by atoms with E-state index in [2.05, 4.69) is 64.2 Å². The number of hydrogen-bond acceptors (Lipinski definition) is 8. The number of aromatic nitrogens is 2. The van der Waals surface area contributed by atoms with E-state index in [1.807, 2.05) is 112 Å². The molecule has 4 saturated heterocycles. The maximum atomic E-state index is 11.6. The monoisotopic (exact) mass is 927 g/mol. The van der Waals surface area contributed by atoms with E-state index >= 15 is 0 Å². The number of rotatable bonds is 9. The van der Waals surface area contributed by atoms with Gasteiger partial charge in [-0.15, -0.1) is 0 Å². The highest BCUT2D eigenvalue weighted by Gasteiger charge is 2.36. The summed E-state index contributed by atoms with van der Waals surface area (Å²) in [6.07, 6.45) is 13.3. The lowest BCUT2D eigenvalue weighted by atomic mass is 10.1. The first kappa shape index (κ1) is 53.4. The summed E-state index contributed by atoms with van der Waals surface area (Å²) >= 11 is 6.33. The molecular formula is C53H79ClN8O4. The molecule has 362 valence electrons. The summed E-state index contributed by atoms with van der Waals surface area (Å²) in [5.74, 6) is 1.11. The highest BCUT2D eigenvalue weighted by atomic mass is 35.5. The molecule has 2 amide bonds. The van der Waals surface area contributed by atoms with Gasteiger partial charge in [0.25, 0.3) is 0 Å². The van der Waals surface area contributed by atoms with Crippen molar-refractivity contribution in [1.82, 2.24) is 28.7 Å². The summed E-state index contributed by atoms with van der Waals surface area (Å²) < 4.78 is 3.98. The lowest BCUT2D eigenvalue weighted by Gasteiger charge is -2.48. The standard InChI is InChI=1S/C23H27ClN4O2.C22H28N4O2.4C2H6/c1-2-23(30)28-14-18(15-28)26-9-7-25(8-10-26)17-5-6-27(13-17)21-11-19(16-3-4-16)20(24)12-22(21)29;1-4-22(28)26-14-19(15-26)24-9-7-23(8-10-24)18-5-6-25(13-18)20-11-16(2)17(3)12-21(20)27;4*1-2/h2,5-6,11-13,16,18,29H,1,3-4,7-10,14-15H2;4-6,11-13,19,27H,1,7-10,14-15H2,2-3H3;4*1-2H3. The number of phenolic OH excluding ortho intramolecular Hbond substituents is 2. The van der Waals surface area contributed by atoms with E-state index in [1.165, 1.54) is 36.2 Å². The van der Waals surface area contributed by atoms with Gasteiger partial charge in [0.15, 0.2) is 0 Å². The van der Waals surface area contributed by atoms with Crippen molar-refractivity contribution in [3.63, 3.8) is 0 Å². The summed E-state index contributed by atoms with van der Waals surface area (Å²) in [7, 11) is 0. The third kappa shape index (κ3) is 12.8. The molecule has 2 aromatic heterocycles. The van der Waals surface area contributed by atoms with Crippen molar-refractivity contribution in [1.29, 1.82) is 0 Å². The van der Waals surface area contributed by atoms with Crippen LogP contribution < -0.4 is 9.80 Å². The second-order valence-corrected chi connectivity index (χ2v) is 16.8. The Kier molecular flexibility index (Phi) is 20.8. The lowest BCUT2D eigenvalue weighted by molar-refractivity contribution is -0.134. The minimum Gasteiger partial charge on any atom is -0.506 e. The first-order valence-electron chi connectivity index (χ1n) is 24.5. The molecule has 66 heavy (non-hydrogen) atoms. The van der Waals surface area contributed by atoms with Crippen LogP contribution in [-0.4, -0.2) is 141 Å². The highest BCUT2D eigenvalue weighted by molar-refractivity contribution is 6.31.